The molecule has 0 aliphatic carbocycles. The fourth-order valence-electron chi connectivity index (χ4n) is 3.28. The number of hydrogen-bond donors (Lipinski definition) is 1. The summed E-state index contributed by atoms with van der Waals surface area (Å²) in [6.07, 6.45) is 0.877. The molecule has 1 aliphatic rings. The van der Waals surface area contributed by atoms with Gasteiger partial charge in [-0.3, -0.25) is 9.59 Å². The highest BCUT2D eigenvalue weighted by molar-refractivity contribution is 7.99. The first-order chi connectivity index (χ1) is 14.9. The van der Waals surface area contributed by atoms with Crippen molar-refractivity contribution in [2.24, 2.45) is 0 Å². The molecule has 3 rings (SSSR count). The van der Waals surface area contributed by atoms with E-state index >= 15 is 0 Å². The van der Waals surface area contributed by atoms with Crippen molar-refractivity contribution in [3.63, 3.8) is 0 Å². The number of carbonyl (C=O) groups is 2. The summed E-state index contributed by atoms with van der Waals surface area (Å²) in [5.74, 6) is 0.320. The summed E-state index contributed by atoms with van der Waals surface area (Å²) < 4.78 is 13.1. The van der Waals surface area contributed by atoms with Crippen molar-refractivity contribution in [3.05, 3.63) is 46.9 Å². The summed E-state index contributed by atoms with van der Waals surface area (Å²) in [6, 6.07) is 7.20. The maximum atomic E-state index is 13.1. The molecule has 0 radical (unpaired) electrons. The van der Waals surface area contributed by atoms with Crippen LogP contribution >= 0.6 is 23.4 Å². The molecule has 1 saturated heterocycles. The minimum absolute atomic E-state index is 0.0708. The molecule has 31 heavy (non-hydrogen) atoms. The molecule has 166 valence electrons. The molecule has 10 heteroatoms. The lowest BCUT2D eigenvalue weighted by atomic mass is 10.1. The third-order valence-corrected chi connectivity index (χ3v) is 5.91. The third-order valence-electron chi connectivity index (χ3n) is 4.87. The second-order valence-electron chi connectivity index (χ2n) is 7.27. The third kappa shape index (κ3) is 6.30. The van der Waals surface area contributed by atoms with Gasteiger partial charge in [-0.15, -0.1) is 0 Å². The molecule has 2 aromatic rings. The standard InChI is InChI=1S/C21H25ClFN5O2S/c1-3-8-24-19(29)13-31-21-25-17(22)11-18(26-21)27-9-10-28(14(2)12-27)20(30)15-4-6-16(23)7-5-15/h4-7,11,14H,3,8-10,12-13H2,1-2H3,(H,24,29). The van der Waals surface area contributed by atoms with Crippen LogP contribution in [0.5, 0.6) is 0 Å². The Hall–Kier alpha value is -2.39. The molecule has 1 atom stereocenters. The van der Waals surface area contributed by atoms with Crippen molar-refractivity contribution in [2.75, 3.05) is 36.8 Å². The largest absolute Gasteiger partial charge is 0.355 e. The van der Waals surface area contributed by atoms with Gasteiger partial charge >= 0.3 is 0 Å². The van der Waals surface area contributed by atoms with Gasteiger partial charge in [0.05, 0.1) is 5.75 Å². The lowest BCUT2D eigenvalue weighted by Crippen LogP contribution is -2.54. The molecule has 1 fully saturated rings. The molecule has 7 nitrogen and oxygen atoms in total. The van der Waals surface area contributed by atoms with Crippen molar-refractivity contribution in [1.82, 2.24) is 20.2 Å². The Morgan fingerprint density at radius 2 is 2.00 bits per heavy atom. The van der Waals surface area contributed by atoms with E-state index in [0.717, 1.165) is 6.42 Å². The minimum atomic E-state index is -0.369. The highest BCUT2D eigenvalue weighted by atomic mass is 35.5. The monoisotopic (exact) mass is 465 g/mol. The highest BCUT2D eigenvalue weighted by Crippen LogP contribution is 2.24. The van der Waals surface area contributed by atoms with Gasteiger partial charge in [-0.05, 0) is 37.6 Å². The summed E-state index contributed by atoms with van der Waals surface area (Å²) in [6.45, 7) is 6.24. The maximum Gasteiger partial charge on any atom is 0.254 e. The van der Waals surface area contributed by atoms with Gasteiger partial charge in [-0.25, -0.2) is 14.4 Å². The summed E-state index contributed by atoms with van der Waals surface area (Å²) in [4.78, 5) is 37.2. The average Bonchev–Trinajstić information content (AvgIpc) is 2.76. The first-order valence-electron chi connectivity index (χ1n) is 10.1. The Bertz CT molecular complexity index is 930. The number of amides is 2. The molecule has 1 aliphatic heterocycles. The second-order valence-corrected chi connectivity index (χ2v) is 8.60. The van der Waals surface area contributed by atoms with Gasteiger partial charge in [0, 0.05) is 43.9 Å². The van der Waals surface area contributed by atoms with Crippen LogP contribution in [0.3, 0.4) is 0 Å². The number of aromatic nitrogens is 2. The first kappa shape index (κ1) is 23.3. The van der Waals surface area contributed by atoms with Gasteiger partial charge in [0.25, 0.3) is 5.91 Å². The van der Waals surface area contributed by atoms with Crippen LogP contribution in [0.2, 0.25) is 5.15 Å². The van der Waals surface area contributed by atoms with Crippen LogP contribution in [0.1, 0.15) is 30.6 Å². The molecule has 2 amide bonds. The Morgan fingerprint density at radius 1 is 1.26 bits per heavy atom. The Balaban J connectivity index is 1.64. The molecular formula is C21H25ClFN5O2S. The number of rotatable bonds is 7. The minimum Gasteiger partial charge on any atom is -0.355 e. The van der Waals surface area contributed by atoms with Crippen LogP contribution in [0, 0.1) is 5.82 Å². The van der Waals surface area contributed by atoms with E-state index in [4.69, 9.17) is 11.6 Å². The molecule has 0 spiro atoms. The molecule has 2 heterocycles. The topological polar surface area (TPSA) is 78.4 Å². The normalized spacial score (nSPS) is 16.3. The second kappa shape index (κ2) is 10.8. The number of nitrogens with one attached hydrogen (secondary N) is 1. The highest BCUT2D eigenvalue weighted by Gasteiger charge is 2.29. The lowest BCUT2D eigenvalue weighted by molar-refractivity contribution is -0.118. The van der Waals surface area contributed by atoms with E-state index in [1.54, 1.807) is 11.0 Å². The molecule has 0 saturated carbocycles. The quantitative estimate of drug-likeness (QED) is 0.384. The van der Waals surface area contributed by atoms with Crippen LogP contribution in [0.15, 0.2) is 35.5 Å². The smallest absolute Gasteiger partial charge is 0.254 e. The van der Waals surface area contributed by atoms with E-state index < -0.39 is 0 Å². The Labute approximate surface area is 190 Å². The van der Waals surface area contributed by atoms with Crippen LogP contribution in [0.25, 0.3) is 0 Å². The summed E-state index contributed by atoms with van der Waals surface area (Å²) in [7, 11) is 0. The molecule has 1 N–H and O–H groups in total. The molecular weight excluding hydrogens is 441 g/mol. The van der Waals surface area contributed by atoms with Gasteiger partial charge in [-0.1, -0.05) is 30.3 Å². The van der Waals surface area contributed by atoms with E-state index in [1.807, 2.05) is 18.7 Å². The number of anilines is 1. The average molecular weight is 466 g/mol. The molecule has 1 aromatic carbocycles. The Kier molecular flexibility index (Phi) is 8.09. The number of hydrogen-bond acceptors (Lipinski definition) is 6. The fourth-order valence-corrected chi connectivity index (χ4v) is 4.19. The first-order valence-corrected chi connectivity index (χ1v) is 11.5. The number of carbonyl (C=O) groups excluding carboxylic acids is 2. The predicted molar refractivity (Wildman–Crippen MR) is 120 cm³/mol. The number of piperazine rings is 1. The van der Waals surface area contributed by atoms with Crippen molar-refractivity contribution in [3.8, 4) is 0 Å². The summed E-state index contributed by atoms with van der Waals surface area (Å²) in [5, 5.41) is 3.56. The van der Waals surface area contributed by atoms with Crippen LogP contribution in [0.4, 0.5) is 10.2 Å². The molecule has 1 unspecified atom stereocenters. The summed E-state index contributed by atoms with van der Waals surface area (Å²) >= 11 is 7.43. The van der Waals surface area contributed by atoms with Crippen molar-refractivity contribution in [1.29, 1.82) is 0 Å². The number of halogens is 2. The van der Waals surface area contributed by atoms with Gasteiger partial charge < -0.3 is 15.1 Å². The van der Waals surface area contributed by atoms with Crippen molar-refractivity contribution in [2.45, 2.75) is 31.5 Å². The number of thioether (sulfide) groups is 1. The van der Waals surface area contributed by atoms with Gasteiger partial charge in [0.2, 0.25) is 5.91 Å². The maximum absolute atomic E-state index is 13.1. The zero-order valence-corrected chi connectivity index (χ0v) is 19.0. The van der Waals surface area contributed by atoms with Crippen LogP contribution < -0.4 is 10.2 Å². The number of benzene rings is 1. The SMILES string of the molecule is CCCNC(=O)CSc1nc(Cl)cc(N2CCN(C(=O)c3ccc(F)cc3)C(C)C2)n1. The van der Waals surface area contributed by atoms with E-state index in [0.29, 0.717) is 47.9 Å². The predicted octanol–water partition coefficient (Wildman–Crippen LogP) is 3.24. The fraction of sp³-hybridized carbons (Fsp3) is 0.429. The zero-order chi connectivity index (χ0) is 22.4. The number of nitrogens with zero attached hydrogens (tertiary/aromatic N) is 4. The lowest BCUT2D eigenvalue weighted by Gasteiger charge is -2.40. The Morgan fingerprint density at radius 3 is 2.68 bits per heavy atom. The zero-order valence-electron chi connectivity index (χ0n) is 17.5. The molecule has 0 bridgehead atoms. The van der Waals surface area contributed by atoms with Gasteiger partial charge in [0.15, 0.2) is 5.16 Å². The van der Waals surface area contributed by atoms with Crippen molar-refractivity contribution < 1.29 is 14.0 Å². The van der Waals surface area contributed by atoms with E-state index in [1.165, 1.54) is 36.0 Å². The van der Waals surface area contributed by atoms with Crippen LogP contribution in [-0.2, 0) is 4.79 Å². The van der Waals surface area contributed by atoms with Crippen molar-refractivity contribution >= 4 is 41.0 Å². The van der Waals surface area contributed by atoms with Gasteiger partial charge in [0.1, 0.15) is 16.8 Å². The summed E-state index contributed by atoms with van der Waals surface area (Å²) in [5.41, 5.74) is 0.465. The van der Waals surface area contributed by atoms with E-state index in [-0.39, 0.29) is 29.4 Å². The molecule has 1 aromatic heterocycles. The van der Waals surface area contributed by atoms with E-state index in [2.05, 4.69) is 15.3 Å². The van der Waals surface area contributed by atoms with Gasteiger partial charge in [-0.2, -0.15) is 0 Å². The van der Waals surface area contributed by atoms with E-state index in [9.17, 15) is 14.0 Å². The van der Waals surface area contributed by atoms with Crippen LogP contribution in [-0.4, -0.2) is 64.7 Å².